The SMILES string of the molecule is C.C.C.O=C(Nc1ccccc1N1CCNCC1)c1csc(N2CCCc3ccccc32)n1.O=C(Nc1ccccc1N1CCNCC1)c1csc(N2CCOCC2)n1.O=C(Nc1ccccc1N1CCNCC1)c1csc(N2CCc3c(-c4ccccc4)n[nH]c3C2)n1. The zero-order valence-electron chi connectivity index (χ0n) is 50.7. The van der Waals surface area contributed by atoms with Crippen LogP contribution in [-0.2, 0) is 24.1 Å². The molecule has 0 aliphatic carbocycles. The van der Waals surface area contributed by atoms with Crippen LogP contribution in [0.1, 0.15) is 77.0 Å². The first kappa shape index (κ1) is 68.1. The molecule has 4 fully saturated rings. The van der Waals surface area contributed by atoms with Crippen molar-refractivity contribution in [1.29, 1.82) is 0 Å². The minimum atomic E-state index is -0.180. The minimum absolute atomic E-state index is 0. The van der Waals surface area contributed by atoms with Gasteiger partial charge in [-0.15, -0.1) is 34.0 Å². The van der Waals surface area contributed by atoms with Gasteiger partial charge in [-0.3, -0.25) is 19.5 Å². The van der Waals surface area contributed by atoms with Crippen molar-refractivity contribution in [3.05, 3.63) is 177 Å². The van der Waals surface area contributed by atoms with Crippen LogP contribution in [0.5, 0.6) is 0 Å². The van der Waals surface area contributed by atoms with E-state index in [0.29, 0.717) is 36.8 Å². The first-order chi connectivity index (χ1) is 44.9. The van der Waals surface area contributed by atoms with E-state index in [9.17, 15) is 14.4 Å². The van der Waals surface area contributed by atoms with Crippen molar-refractivity contribution in [1.82, 2.24) is 41.1 Å². The van der Waals surface area contributed by atoms with Gasteiger partial charge in [-0.1, -0.05) is 107 Å². The number of para-hydroxylation sites is 7. The molecule has 0 spiro atoms. The number of aromatic nitrogens is 5. The van der Waals surface area contributed by atoms with Crippen molar-refractivity contribution in [2.24, 2.45) is 0 Å². The Labute approximate surface area is 564 Å². The number of carbonyl (C=O) groups excluding carboxylic acids is 3. The smallest absolute Gasteiger partial charge is 0.275 e. The Kier molecular flexibility index (Phi) is 23.8. The number of carbonyl (C=O) groups is 3. The second kappa shape index (κ2) is 32.9. The van der Waals surface area contributed by atoms with Gasteiger partial charge in [-0.25, -0.2) is 15.0 Å². The van der Waals surface area contributed by atoms with Crippen molar-refractivity contribution in [3.63, 3.8) is 0 Å². The van der Waals surface area contributed by atoms with Gasteiger partial charge >= 0.3 is 0 Å². The molecule has 9 aromatic rings. The van der Waals surface area contributed by atoms with E-state index >= 15 is 0 Å². The Hall–Kier alpha value is -8.75. The number of amides is 3. The summed E-state index contributed by atoms with van der Waals surface area (Å²) in [6.07, 6.45) is 3.07. The molecule has 4 saturated heterocycles. The molecule has 0 bridgehead atoms. The highest BCUT2D eigenvalue weighted by atomic mass is 32.1. The highest BCUT2D eigenvalue weighted by Crippen LogP contribution is 2.37. The van der Waals surface area contributed by atoms with E-state index in [1.54, 1.807) is 0 Å². The lowest BCUT2D eigenvalue weighted by molar-refractivity contribution is 0.101. The van der Waals surface area contributed by atoms with Gasteiger partial charge in [0.2, 0.25) is 0 Å². The third kappa shape index (κ3) is 16.2. The van der Waals surface area contributed by atoms with Crippen LogP contribution in [0.2, 0.25) is 0 Å². The fourth-order valence-corrected chi connectivity index (χ4v) is 14.7. The van der Waals surface area contributed by atoms with E-state index in [-0.39, 0.29) is 40.0 Å². The summed E-state index contributed by atoms with van der Waals surface area (Å²) in [5.74, 6) is -0.505. The Morgan fingerprint density at radius 2 is 0.862 bits per heavy atom. The van der Waals surface area contributed by atoms with E-state index in [2.05, 4.69) is 141 Å². The Morgan fingerprint density at radius 3 is 1.36 bits per heavy atom. The summed E-state index contributed by atoms with van der Waals surface area (Å²) >= 11 is 4.54. The summed E-state index contributed by atoms with van der Waals surface area (Å²) in [4.78, 5) is 66.2. The van der Waals surface area contributed by atoms with Crippen LogP contribution in [0.15, 0.2) is 144 Å². The molecule has 0 atom stereocenters. The first-order valence-electron chi connectivity index (χ1n) is 31.4. The maximum Gasteiger partial charge on any atom is 0.275 e. The number of aryl methyl sites for hydroxylation is 1. The van der Waals surface area contributed by atoms with Gasteiger partial charge in [0.1, 0.15) is 17.1 Å². The van der Waals surface area contributed by atoms with Crippen LogP contribution < -0.4 is 61.3 Å². The predicted molar refractivity (Wildman–Crippen MR) is 389 cm³/mol. The second-order valence-electron chi connectivity index (χ2n) is 22.7. The zero-order valence-corrected chi connectivity index (χ0v) is 53.2. The largest absolute Gasteiger partial charge is 0.378 e. The monoisotopic (exact) mass is 1330 g/mol. The number of thiazole rings is 3. The number of hydrogen-bond acceptors (Lipinski definition) is 20. The number of rotatable bonds is 13. The van der Waals surface area contributed by atoms with E-state index in [1.165, 1.54) is 50.8 Å². The second-order valence-corrected chi connectivity index (χ2v) is 25.2. The summed E-state index contributed by atoms with van der Waals surface area (Å²) in [6, 6.07) is 42.7. The van der Waals surface area contributed by atoms with Gasteiger partial charge in [-0.2, -0.15) is 5.10 Å². The number of fused-ring (bicyclic) bond motifs is 2. The number of nitrogens with one attached hydrogen (secondary N) is 7. The number of hydrogen-bond donors (Lipinski definition) is 7. The minimum Gasteiger partial charge on any atom is -0.378 e. The molecule has 7 N–H and O–H groups in total. The molecule has 24 heteroatoms. The van der Waals surface area contributed by atoms with Crippen molar-refractivity contribution in [2.75, 3.05) is 163 Å². The predicted octanol–water partition coefficient (Wildman–Crippen LogP) is 11.2. The van der Waals surface area contributed by atoms with E-state index in [1.807, 2.05) is 88.9 Å². The lowest BCUT2D eigenvalue weighted by Gasteiger charge is -2.31. The summed E-state index contributed by atoms with van der Waals surface area (Å²) in [7, 11) is 0. The first-order valence-corrected chi connectivity index (χ1v) is 34.0. The third-order valence-corrected chi connectivity index (χ3v) is 19.5. The van der Waals surface area contributed by atoms with Gasteiger partial charge in [0.05, 0.1) is 65.3 Å². The van der Waals surface area contributed by atoms with Crippen molar-refractivity contribution in [3.8, 4) is 11.3 Å². The molecule has 94 heavy (non-hydrogen) atoms. The number of ether oxygens (including phenoxy) is 1. The maximum absolute atomic E-state index is 13.1. The molecule has 5 aromatic carbocycles. The quantitative estimate of drug-likeness (QED) is 0.0571. The maximum atomic E-state index is 13.1. The Morgan fingerprint density at radius 1 is 0.436 bits per heavy atom. The molecule has 6 aliphatic rings. The lowest BCUT2D eigenvalue weighted by atomic mass is 10.0. The van der Waals surface area contributed by atoms with Gasteiger partial charge in [0, 0.05) is 138 Å². The van der Waals surface area contributed by atoms with Crippen LogP contribution in [0.4, 0.5) is 55.2 Å². The van der Waals surface area contributed by atoms with E-state index in [0.717, 1.165) is 190 Å². The van der Waals surface area contributed by atoms with Crippen LogP contribution in [0, 0.1) is 0 Å². The van der Waals surface area contributed by atoms with Crippen molar-refractivity contribution in [2.45, 2.75) is 48.1 Å². The molecule has 10 heterocycles. The molecule has 6 aliphatic heterocycles. The van der Waals surface area contributed by atoms with Crippen molar-refractivity contribution >= 4 is 107 Å². The highest BCUT2D eigenvalue weighted by Gasteiger charge is 2.28. The molecular formula is C70H87N17O4S3. The normalized spacial score (nSPS) is 16.0. The molecule has 21 nitrogen and oxygen atoms in total. The van der Waals surface area contributed by atoms with Crippen LogP contribution >= 0.6 is 34.0 Å². The summed E-state index contributed by atoms with van der Waals surface area (Å²) in [5.41, 5.74) is 14.1. The van der Waals surface area contributed by atoms with Crippen molar-refractivity contribution < 1.29 is 19.1 Å². The molecular weight excluding hydrogens is 1240 g/mol. The molecule has 0 unspecified atom stereocenters. The molecule has 0 radical (unpaired) electrons. The summed E-state index contributed by atoms with van der Waals surface area (Å²) in [5, 5.41) is 35.2. The van der Waals surface area contributed by atoms with E-state index < -0.39 is 0 Å². The highest BCUT2D eigenvalue weighted by molar-refractivity contribution is 7.14. The van der Waals surface area contributed by atoms with Gasteiger partial charge in [0.15, 0.2) is 15.4 Å². The number of benzene rings is 5. The standard InChI is InChI=1S/C26H27N7OS.C23H25N5OS.C18H23N5O2S.3CH4/c34-25(28-20-8-4-5-9-23(20)32-14-11-27-12-15-32)22-17-35-26(29-22)33-13-10-19-21(16-33)30-31-24(19)18-6-2-1-3-7-18;29-22(25-18-8-2-4-10-21(18)27-14-11-24-12-15-27)19-16-30-23(26-19)28-13-5-7-17-6-1-3-9-20(17)28;24-17(15-13-26-18(21-15)23-9-11-25-12-10-23)20-14-3-1-2-4-16(14)22-7-5-19-6-8-22;;;/h1-9,17,27H,10-16H2,(H,28,34)(H,30,31);1-4,6,8-10,16,24H,5,7,11-15H2,(H,25,29);1-4,13,19H,5-12H2,(H,20,24);3*1H4. The third-order valence-electron chi connectivity index (χ3n) is 16.9. The fraction of sp³-hybridized carbons (Fsp3) is 0.357. The Bertz CT molecular complexity index is 3910. The van der Waals surface area contributed by atoms with Gasteiger partial charge in [0.25, 0.3) is 17.7 Å². The number of aromatic amines is 1. The number of anilines is 10. The van der Waals surface area contributed by atoms with Gasteiger partial charge < -0.3 is 66.0 Å². The Balaban J connectivity index is 0.000000153. The van der Waals surface area contributed by atoms with Crippen LogP contribution in [0.3, 0.4) is 0 Å². The van der Waals surface area contributed by atoms with E-state index in [4.69, 9.17) is 4.74 Å². The number of nitrogens with zero attached hydrogens (tertiary/aromatic N) is 10. The van der Waals surface area contributed by atoms with Crippen LogP contribution in [0.25, 0.3) is 11.3 Å². The molecule has 0 saturated carbocycles. The molecule has 3 amide bonds. The lowest BCUT2D eigenvalue weighted by Crippen LogP contribution is -2.43. The zero-order chi connectivity index (χ0) is 61.7. The topological polar surface area (TPSA) is 219 Å². The summed E-state index contributed by atoms with van der Waals surface area (Å²) < 4.78 is 5.37. The summed E-state index contributed by atoms with van der Waals surface area (Å²) in [6.45, 7) is 16.8. The number of morpholine rings is 1. The molecule has 4 aromatic heterocycles. The average Bonchev–Trinajstić information content (AvgIpc) is 1.80. The molecule has 494 valence electrons. The molecule has 15 rings (SSSR count). The number of piperazine rings is 3. The average molecular weight is 1330 g/mol. The number of H-pyrrole nitrogens is 1. The van der Waals surface area contributed by atoms with Crippen LogP contribution in [-0.4, -0.2) is 161 Å². The van der Waals surface area contributed by atoms with Gasteiger partial charge in [-0.05, 0) is 67.3 Å². The fourth-order valence-electron chi connectivity index (χ4n) is 12.2.